The monoisotopic (exact) mass is 416 g/mol. The highest BCUT2D eigenvalue weighted by Gasteiger charge is 2.20. The number of hydrogen-bond acceptors (Lipinski definition) is 4. The van der Waals surface area contributed by atoms with E-state index in [-0.39, 0.29) is 11.5 Å². The van der Waals surface area contributed by atoms with Crippen LogP contribution in [0.15, 0.2) is 66.7 Å². The molecule has 0 saturated carbocycles. The average Bonchev–Trinajstić information content (AvgIpc) is 2.95. The first-order valence-corrected chi connectivity index (χ1v) is 10.9. The Bertz CT molecular complexity index is 964. The van der Waals surface area contributed by atoms with E-state index in [0.29, 0.717) is 18.9 Å². The Kier molecular flexibility index (Phi) is 8.27. The van der Waals surface area contributed by atoms with Gasteiger partial charge in [0.2, 0.25) is 0 Å². The molecular formula is C27H32N2O2. The first-order chi connectivity index (χ1) is 15.1. The summed E-state index contributed by atoms with van der Waals surface area (Å²) in [4.78, 5) is 0. The molecule has 4 nitrogen and oxygen atoms in total. The van der Waals surface area contributed by atoms with Crippen LogP contribution in [0.25, 0.3) is 12.2 Å². The third-order valence-electron chi connectivity index (χ3n) is 5.58. The smallest absolute Gasteiger partial charge is 0.157 e. The lowest BCUT2D eigenvalue weighted by molar-refractivity contribution is 0.403. The summed E-state index contributed by atoms with van der Waals surface area (Å²) >= 11 is 0. The van der Waals surface area contributed by atoms with E-state index >= 15 is 0 Å². The second kappa shape index (κ2) is 11.3. The molecule has 0 amide bonds. The maximum Gasteiger partial charge on any atom is 0.157 e. The van der Waals surface area contributed by atoms with Gasteiger partial charge in [0.25, 0.3) is 0 Å². The molecule has 0 fully saturated rings. The van der Waals surface area contributed by atoms with E-state index < -0.39 is 0 Å². The van der Waals surface area contributed by atoms with E-state index in [1.54, 1.807) is 6.07 Å². The van der Waals surface area contributed by atoms with Gasteiger partial charge >= 0.3 is 0 Å². The molecule has 4 rings (SSSR count). The van der Waals surface area contributed by atoms with Crippen molar-refractivity contribution in [2.75, 3.05) is 20.1 Å². The molecule has 1 aliphatic rings. The normalized spacial score (nSPS) is 12.3. The minimum atomic E-state index is -0.0919. The molecular weight excluding hydrogens is 384 g/mol. The fraction of sp³-hybridized carbons (Fsp3) is 0.259. The van der Waals surface area contributed by atoms with Crippen LogP contribution in [0.2, 0.25) is 0 Å². The number of phenols is 2. The topological polar surface area (TPSA) is 78.5 Å². The zero-order valence-electron chi connectivity index (χ0n) is 18.1. The number of nitrogens with two attached hydrogens (primary N) is 1. The second-order valence-electron chi connectivity index (χ2n) is 7.75. The van der Waals surface area contributed by atoms with E-state index in [4.69, 9.17) is 15.9 Å². The predicted molar refractivity (Wildman–Crippen MR) is 129 cm³/mol. The van der Waals surface area contributed by atoms with Crippen LogP contribution in [0, 0.1) is 0 Å². The van der Waals surface area contributed by atoms with Crippen LogP contribution in [-0.4, -0.2) is 30.4 Å². The molecule has 5 N–H and O–H groups in total. The van der Waals surface area contributed by atoms with Gasteiger partial charge in [-0.15, -0.1) is 0 Å². The van der Waals surface area contributed by atoms with E-state index in [1.165, 1.54) is 47.2 Å². The molecule has 3 aromatic rings. The van der Waals surface area contributed by atoms with Crippen molar-refractivity contribution >= 4 is 12.2 Å². The number of aromatic hydroxyl groups is 2. The van der Waals surface area contributed by atoms with Crippen LogP contribution < -0.4 is 11.1 Å². The van der Waals surface area contributed by atoms with Crippen molar-refractivity contribution in [2.45, 2.75) is 25.2 Å². The van der Waals surface area contributed by atoms with Crippen molar-refractivity contribution in [2.24, 2.45) is 5.73 Å². The summed E-state index contributed by atoms with van der Waals surface area (Å²) in [6, 6.07) is 22.3. The van der Waals surface area contributed by atoms with E-state index in [9.17, 15) is 0 Å². The van der Waals surface area contributed by atoms with Crippen molar-refractivity contribution < 1.29 is 10.2 Å². The predicted octanol–water partition coefficient (Wildman–Crippen LogP) is 4.90. The Morgan fingerprint density at radius 3 is 2.00 bits per heavy atom. The molecule has 0 aromatic heterocycles. The van der Waals surface area contributed by atoms with Gasteiger partial charge in [0.05, 0.1) is 0 Å². The molecule has 0 heterocycles. The third-order valence-corrected chi connectivity index (χ3v) is 5.58. The number of phenolic OH excluding ortho intramolecular Hbond substituents is 2. The first kappa shape index (κ1) is 22.6. The lowest BCUT2D eigenvalue weighted by Crippen LogP contribution is -2.11. The molecule has 0 saturated heterocycles. The molecule has 0 bridgehead atoms. The zero-order valence-corrected chi connectivity index (χ0v) is 18.1. The molecule has 0 spiro atoms. The van der Waals surface area contributed by atoms with E-state index in [0.717, 1.165) is 12.1 Å². The third kappa shape index (κ3) is 5.97. The number of benzene rings is 3. The molecule has 31 heavy (non-hydrogen) atoms. The first-order valence-electron chi connectivity index (χ1n) is 10.9. The number of fused-ring (bicyclic) bond motifs is 2. The van der Waals surface area contributed by atoms with Gasteiger partial charge in [0, 0.05) is 5.92 Å². The highest BCUT2D eigenvalue weighted by atomic mass is 16.3. The van der Waals surface area contributed by atoms with Gasteiger partial charge < -0.3 is 21.3 Å². The van der Waals surface area contributed by atoms with Crippen LogP contribution in [-0.2, 0) is 6.42 Å². The van der Waals surface area contributed by atoms with Crippen molar-refractivity contribution in [1.82, 2.24) is 5.32 Å². The largest absolute Gasteiger partial charge is 0.504 e. The highest BCUT2D eigenvalue weighted by Crippen LogP contribution is 2.37. The van der Waals surface area contributed by atoms with Gasteiger partial charge in [-0.05, 0) is 79.3 Å². The molecule has 1 aliphatic carbocycles. The van der Waals surface area contributed by atoms with Crippen molar-refractivity contribution in [3.05, 3.63) is 94.5 Å². The van der Waals surface area contributed by atoms with Gasteiger partial charge in [-0.2, -0.15) is 0 Å². The van der Waals surface area contributed by atoms with Crippen LogP contribution in [0.3, 0.4) is 0 Å². The summed E-state index contributed by atoms with van der Waals surface area (Å²) < 4.78 is 0. The van der Waals surface area contributed by atoms with Gasteiger partial charge in [0.15, 0.2) is 11.5 Å². The van der Waals surface area contributed by atoms with Crippen molar-refractivity contribution in [3.63, 3.8) is 0 Å². The van der Waals surface area contributed by atoms with Crippen LogP contribution in [0.1, 0.15) is 46.6 Å². The lowest BCUT2D eigenvalue weighted by atomic mass is 9.84. The Labute approximate surface area is 185 Å². The van der Waals surface area contributed by atoms with Crippen molar-refractivity contribution in [3.8, 4) is 11.5 Å². The van der Waals surface area contributed by atoms with Crippen molar-refractivity contribution in [1.29, 1.82) is 0 Å². The van der Waals surface area contributed by atoms with E-state index in [2.05, 4.69) is 66.0 Å². The summed E-state index contributed by atoms with van der Waals surface area (Å²) in [5.41, 5.74) is 11.9. The molecule has 0 aliphatic heterocycles. The van der Waals surface area contributed by atoms with Gasteiger partial charge in [-0.1, -0.05) is 66.7 Å². The molecule has 0 atom stereocenters. The Morgan fingerprint density at radius 2 is 1.45 bits per heavy atom. The maximum absolute atomic E-state index is 9.04. The van der Waals surface area contributed by atoms with Gasteiger partial charge in [0.1, 0.15) is 0 Å². The van der Waals surface area contributed by atoms with Gasteiger partial charge in [-0.25, -0.2) is 0 Å². The maximum atomic E-state index is 9.04. The molecule has 3 aromatic carbocycles. The van der Waals surface area contributed by atoms with E-state index in [1.807, 2.05) is 7.05 Å². The summed E-state index contributed by atoms with van der Waals surface area (Å²) in [5, 5.41) is 21.2. The Balaban J connectivity index is 0.000000210. The summed E-state index contributed by atoms with van der Waals surface area (Å²) in [6.07, 6.45) is 7.62. The minimum absolute atomic E-state index is 0.0871. The fourth-order valence-electron chi connectivity index (χ4n) is 3.99. The number of hydrogen-bond donors (Lipinski definition) is 4. The average molecular weight is 417 g/mol. The SMILES string of the molecule is CNCCCC1c2ccccc2C=Cc2ccccc21.NCCc1ccc(O)c(O)c1. The lowest BCUT2D eigenvalue weighted by Gasteiger charge is -2.20. The van der Waals surface area contributed by atoms with Crippen LogP contribution in [0.4, 0.5) is 0 Å². The molecule has 0 unspecified atom stereocenters. The summed E-state index contributed by atoms with van der Waals surface area (Å²) in [5.74, 6) is 0.326. The van der Waals surface area contributed by atoms with Crippen LogP contribution >= 0.6 is 0 Å². The quantitative estimate of drug-likeness (QED) is 0.340. The Hall–Kier alpha value is -3.08. The zero-order chi connectivity index (χ0) is 22.1. The highest BCUT2D eigenvalue weighted by molar-refractivity contribution is 5.76. The standard InChI is InChI=1S/C19H21N.C8H11NO2/c1-20-14-6-11-19-17-9-4-2-7-15(17)12-13-16-8-3-5-10-18(16)19;9-4-3-6-1-2-7(10)8(11)5-6/h2-5,7-10,12-13,19-20H,6,11,14H2,1H3;1-2,5,10-11H,3-4,9H2. The van der Waals surface area contributed by atoms with Crippen LogP contribution in [0.5, 0.6) is 11.5 Å². The second-order valence-corrected chi connectivity index (χ2v) is 7.75. The minimum Gasteiger partial charge on any atom is -0.504 e. The number of rotatable bonds is 6. The summed E-state index contributed by atoms with van der Waals surface area (Å²) in [6.45, 7) is 1.62. The molecule has 0 radical (unpaired) electrons. The number of nitrogens with one attached hydrogen (secondary N) is 1. The molecule has 162 valence electrons. The van der Waals surface area contributed by atoms with Gasteiger partial charge in [-0.3, -0.25) is 0 Å². The summed E-state index contributed by atoms with van der Waals surface area (Å²) in [7, 11) is 2.02. The fourth-order valence-corrected chi connectivity index (χ4v) is 3.99. The Morgan fingerprint density at radius 1 is 0.839 bits per heavy atom. The molecule has 4 heteroatoms.